The molecule has 3 N–H and O–H groups in total. The van der Waals surface area contributed by atoms with Crippen molar-refractivity contribution in [3.63, 3.8) is 0 Å². The van der Waals surface area contributed by atoms with Gasteiger partial charge >= 0.3 is 0 Å². The van der Waals surface area contributed by atoms with E-state index in [0.29, 0.717) is 28.7 Å². The highest BCUT2D eigenvalue weighted by Gasteiger charge is 2.35. The third-order valence-electron chi connectivity index (χ3n) is 3.49. The number of carbonyl (C=O) groups is 1. The summed E-state index contributed by atoms with van der Waals surface area (Å²) < 4.78 is 0.620. The van der Waals surface area contributed by atoms with Crippen molar-refractivity contribution < 1.29 is 9.90 Å². The first-order chi connectivity index (χ1) is 9.40. The molecule has 1 amide bonds. The number of halogens is 1. The Kier molecular flexibility index (Phi) is 4.67. The van der Waals surface area contributed by atoms with Crippen LogP contribution in [0, 0.1) is 0 Å². The maximum absolute atomic E-state index is 12.7. The van der Waals surface area contributed by atoms with Crippen LogP contribution in [0.1, 0.15) is 16.8 Å². The fourth-order valence-electron chi connectivity index (χ4n) is 2.61. The fourth-order valence-corrected chi connectivity index (χ4v) is 3.04. The van der Waals surface area contributed by atoms with E-state index in [1.54, 1.807) is 23.1 Å². The smallest absolute Gasteiger partial charge is 0.255 e. The Morgan fingerprint density at radius 2 is 2.25 bits per heavy atom. The van der Waals surface area contributed by atoms with Crippen LogP contribution < -0.4 is 5.73 Å². The third kappa shape index (κ3) is 3.13. The van der Waals surface area contributed by atoms with Gasteiger partial charge in [-0.25, -0.2) is 0 Å². The topological polar surface area (TPSA) is 69.8 Å². The van der Waals surface area contributed by atoms with Gasteiger partial charge in [-0.05, 0) is 48.6 Å². The number of rotatable bonds is 3. The minimum Gasteiger partial charge on any atom is -0.398 e. The molecular formula is C14H20BrN3O2. The summed E-state index contributed by atoms with van der Waals surface area (Å²) in [6.07, 6.45) is 0.160. The van der Waals surface area contributed by atoms with E-state index in [4.69, 9.17) is 5.73 Å². The summed E-state index contributed by atoms with van der Waals surface area (Å²) in [7, 11) is 3.92. The van der Waals surface area contributed by atoms with Gasteiger partial charge < -0.3 is 20.6 Å². The van der Waals surface area contributed by atoms with Crippen molar-refractivity contribution >= 4 is 27.5 Å². The molecule has 1 aromatic carbocycles. The number of β-amino-alcohol motifs (C(OH)–C–C–N with tert-alkyl or cyclic N) is 1. The van der Waals surface area contributed by atoms with Crippen LogP contribution in [0.2, 0.25) is 0 Å². The summed E-state index contributed by atoms with van der Waals surface area (Å²) in [6.45, 7) is 1.11. The number of nitrogens with two attached hydrogens (primary N) is 1. The highest BCUT2D eigenvalue weighted by Crippen LogP contribution is 2.28. The van der Waals surface area contributed by atoms with Crippen molar-refractivity contribution in [2.75, 3.05) is 32.9 Å². The summed E-state index contributed by atoms with van der Waals surface area (Å²) in [6, 6.07) is 5.29. The molecule has 0 spiro atoms. The van der Waals surface area contributed by atoms with Gasteiger partial charge in [0.2, 0.25) is 0 Å². The average Bonchev–Trinajstić information content (AvgIpc) is 2.72. The van der Waals surface area contributed by atoms with E-state index in [2.05, 4.69) is 15.9 Å². The molecule has 6 heteroatoms. The molecule has 0 saturated carbocycles. The lowest BCUT2D eigenvalue weighted by Crippen LogP contribution is -2.41. The van der Waals surface area contributed by atoms with Crippen LogP contribution >= 0.6 is 15.9 Å². The number of nitrogen functional groups attached to an aromatic ring is 1. The molecule has 0 aliphatic carbocycles. The van der Waals surface area contributed by atoms with Crippen molar-refractivity contribution in [2.24, 2.45) is 0 Å². The number of hydrogen-bond acceptors (Lipinski definition) is 4. The first kappa shape index (κ1) is 15.3. The van der Waals surface area contributed by atoms with Crippen LogP contribution in [0.25, 0.3) is 0 Å². The Morgan fingerprint density at radius 1 is 1.55 bits per heavy atom. The predicted octanol–water partition coefficient (Wildman–Crippen LogP) is 1.17. The van der Waals surface area contributed by atoms with E-state index in [0.717, 1.165) is 6.54 Å². The Morgan fingerprint density at radius 3 is 2.90 bits per heavy atom. The minimum absolute atomic E-state index is 0.0285. The molecule has 0 aromatic heterocycles. The normalized spacial score (nSPS) is 22.6. The Bertz CT molecular complexity index is 507. The maximum atomic E-state index is 12.7. The number of likely N-dealkylation sites (N-methyl/N-ethyl adjacent to an activating group) is 1. The van der Waals surface area contributed by atoms with Gasteiger partial charge in [-0.2, -0.15) is 0 Å². The highest BCUT2D eigenvalue weighted by atomic mass is 79.9. The van der Waals surface area contributed by atoms with Gasteiger partial charge in [-0.15, -0.1) is 0 Å². The molecule has 1 aromatic rings. The van der Waals surface area contributed by atoms with Gasteiger partial charge in [-0.3, -0.25) is 4.79 Å². The number of benzene rings is 1. The van der Waals surface area contributed by atoms with Crippen LogP contribution in [0.15, 0.2) is 22.7 Å². The second-order valence-corrected chi connectivity index (χ2v) is 6.26. The van der Waals surface area contributed by atoms with Crippen LogP contribution in [0.3, 0.4) is 0 Å². The molecule has 1 aliphatic rings. The molecule has 1 heterocycles. The SMILES string of the molecule is CN(C)CC1CC(O)CN1C(=O)c1cccc(N)c1Br. The number of nitrogens with zero attached hydrogens (tertiary/aromatic N) is 2. The molecule has 2 rings (SSSR count). The molecule has 20 heavy (non-hydrogen) atoms. The van der Waals surface area contributed by atoms with Crippen LogP contribution in [-0.2, 0) is 0 Å². The predicted molar refractivity (Wildman–Crippen MR) is 82.6 cm³/mol. The monoisotopic (exact) mass is 341 g/mol. The summed E-state index contributed by atoms with van der Waals surface area (Å²) >= 11 is 3.37. The summed E-state index contributed by atoms with van der Waals surface area (Å²) in [4.78, 5) is 16.4. The van der Waals surface area contributed by atoms with Gasteiger partial charge in [0.05, 0.1) is 16.1 Å². The largest absolute Gasteiger partial charge is 0.398 e. The first-order valence-corrected chi connectivity index (χ1v) is 7.37. The van der Waals surface area contributed by atoms with E-state index >= 15 is 0 Å². The number of carbonyl (C=O) groups excluding carboxylic acids is 1. The van der Waals surface area contributed by atoms with Crippen molar-refractivity contribution in [1.29, 1.82) is 0 Å². The van der Waals surface area contributed by atoms with E-state index in [-0.39, 0.29) is 11.9 Å². The number of anilines is 1. The minimum atomic E-state index is -0.455. The highest BCUT2D eigenvalue weighted by molar-refractivity contribution is 9.10. The van der Waals surface area contributed by atoms with Gasteiger partial charge in [0.25, 0.3) is 5.91 Å². The fraction of sp³-hybridized carbons (Fsp3) is 0.500. The second kappa shape index (κ2) is 6.11. The van der Waals surface area contributed by atoms with E-state index in [9.17, 15) is 9.90 Å². The van der Waals surface area contributed by atoms with Crippen molar-refractivity contribution in [3.8, 4) is 0 Å². The van der Waals surface area contributed by atoms with Crippen molar-refractivity contribution in [2.45, 2.75) is 18.6 Å². The maximum Gasteiger partial charge on any atom is 0.255 e. The molecular weight excluding hydrogens is 322 g/mol. The first-order valence-electron chi connectivity index (χ1n) is 6.58. The van der Waals surface area contributed by atoms with E-state index in [1.165, 1.54) is 0 Å². The van der Waals surface area contributed by atoms with Gasteiger partial charge in [0.15, 0.2) is 0 Å². The lowest BCUT2D eigenvalue weighted by Gasteiger charge is -2.27. The zero-order valence-electron chi connectivity index (χ0n) is 11.7. The molecule has 0 bridgehead atoms. The number of likely N-dealkylation sites (tertiary alicyclic amines) is 1. The summed E-state index contributed by atoms with van der Waals surface area (Å²) in [5.41, 5.74) is 6.91. The number of amides is 1. The molecule has 2 unspecified atom stereocenters. The summed E-state index contributed by atoms with van der Waals surface area (Å²) in [5.74, 6) is -0.0902. The molecule has 1 saturated heterocycles. The number of aliphatic hydroxyl groups is 1. The Labute approximate surface area is 127 Å². The third-order valence-corrected chi connectivity index (χ3v) is 4.37. The average molecular weight is 342 g/mol. The zero-order valence-corrected chi connectivity index (χ0v) is 13.3. The van der Waals surface area contributed by atoms with Crippen LogP contribution in [-0.4, -0.2) is 60.1 Å². The van der Waals surface area contributed by atoms with Crippen molar-refractivity contribution in [3.05, 3.63) is 28.2 Å². The summed E-state index contributed by atoms with van der Waals surface area (Å²) in [5, 5.41) is 9.85. The van der Waals surface area contributed by atoms with Crippen LogP contribution in [0.5, 0.6) is 0 Å². The Balaban J connectivity index is 2.24. The van der Waals surface area contributed by atoms with E-state index < -0.39 is 6.10 Å². The molecule has 1 aliphatic heterocycles. The van der Waals surface area contributed by atoms with Crippen LogP contribution in [0.4, 0.5) is 5.69 Å². The second-order valence-electron chi connectivity index (χ2n) is 5.47. The number of aliphatic hydroxyl groups excluding tert-OH is 1. The van der Waals surface area contributed by atoms with Crippen molar-refractivity contribution in [1.82, 2.24) is 9.80 Å². The molecule has 0 radical (unpaired) electrons. The van der Waals surface area contributed by atoms with Gasteiger partial charge in [0.1, 0.15) is 0 Å². The Hall–Kier alpha value is -1.11. The lowest BCUT2D eigenvalue weighted by atomic mass is 10.1. The zero-order chi connectivity index (χ0) is 14.9. The lowest BCUT2D eigenvalue weighted by molar-refractivity contribution is 0.0698. The quantitative estimate of drug-likeness (QED) is 0.809. The standard InChI is InChI=1S/C14H20BrN3O2/c1-17(2)7-9-6-10(19)8-18(9)14(20)11-4-3-5-12(16)13(11)15/h3-5,9-10,19H,6-8,16H2,1-2H3. The number of hydrogen-bond donors (Lipinski definition) is 2. The molecule has 1 fully saturated rings. The molecule has 5 nitrogen and oxygen atoms in total. The van der Waals surface area contributed by atoms with Gasteiger partial charge in [0, 0.05) is 24.8 Å². The van der Waals surface area contributed by atoms with E-state index in [1.807, 2.05) is 19.0 Å². The molecule has 2 atom stereocenters. The molecule has 110 valence electrons. The van der Waals surface area contributed by atoms with Gasteiger partial charge in [-0.1, -0.05) is 6.07 Å².